The van der Waals surface area contributed by atoms with Gasteiger partial charge in [0.05, 0.1) is 45.0 Å². The quantitative estimate of drug-likeness (QED) is 0.105. The van der Waals surface area contributed by atoms with Gasteiger partial charge in [-0.3, -0.25) is 9.97 Å². The van der Waals surface area contributed by atoms with Gasteiger partial charge in [-0.1, -0.05) is 0 Å². The maximum absolute atomic E-state index is 15.8. The Morgan fingerprint density at radius 1 is 0.221 bits per heavy atom. The first-order chi connectivity index (χ1) is 32.1. The van der Waals surface area contributed by atoms with E-state index in [1.165, 1.54) is 0 Å². The zero-order chi connectivity index (χ0) is 49.3. The number of nitrogens with one attached hydrogen (secondary N) is 2. The van der Waals surface area contributed by atoms with Crippen LogP contribution in [0.15, 0.2) is 24.3 Å². The lowest BCUT2D eigenvalue weighted by molar-refractivity contribution is 0.381. The van der Waals surface area contributed by atoms with Gasteiger partial charge in [-0.05, 0) is 49.9 Å². The lowest BCUT2D eigenvalue weighted by atomic mass is 9.98. The number of halogens is 20. The lowest BCUT2D eigenvalue weighted by Gasteiger charge is -2.12. The number of aromatic amines is 2. The second-order valence-corrected chi connectivity index (χ2v) is 14.9. The molecule has 350 valence electrons. The third-order valence-corrected chi connectivity index (χ3v) is 11.2. The zero-order valence-corrected chi connectivity index (χ0v) is 32.6. The second kappa shape index (κ2) is 16.1. The van der Waals surface area contributed by atoms with E-state index in [4.69, 9.17) is 0 Å². The molecule has 4 nitrogen and oxygen atoms in total. The van der Waals surface area contributed by atoms with E-state index in [1.54, 1.807) is 0 Å². The highest BCUT2D eigenvalue weighted by Gasteiger charge is 2.36. The first kappa shape index (κ1) is 45.7. The summed E-state index contributed by atoms with van der Waals surface area (Å²) < 4.78 is 303. The summed E-state index contributed by atoms with van der Waals surface area (Å²) in [4.78, 5) is 12.7. The Morgan fingerprint density at radius 2 is 0.368 bits per heavy atom. The standard InChI is InChI=1S/C44H14F20N4/c45-25-21(26(46)34(54)41(61)33(25)53)17-9-1-2-10(65-9)18(22-27(47)35(55)42(62)36(56)28(22)48)12-5-6-14(67-12)20(24-31(51)39(59)44(64)40(60)32(24)52)16-8-7-15(68-16)19(13-4-3-11(17)66-13)23-29(49)37(57)43(63)38(58)30(23)50/h1-2,7-8,65,68H,3-6H2. The van der Waals surface area contributed by atoms with Crippen molar-refractivity contribution in [3.63, 3.8) is 0 Å². The minimum atomic E-state index is -2.69. The maximum Gasteiger partial charge on any atom is 0.200 e. The highest BCUT2D eigenvalue weighted by Crippen LogP contribution is 2.44. The van der Waals surface area contributed by atoms with Crippen molar-refractivity contribution in [2.45, 2.75) is 25.7 Å². The molecule has 0 radical (unpaired) electrons. The first-order valence-corrected chi connectivity index (χ1v) is 18.9. The van der Waals surface area contributed by atoms with E-state index in [0.29, 0.717) is 24.3 Å². The van der Waals surface area contributed by atoms with Gasteiger partial charge in [-0.2, -0.15) is 0 Å². The Bertz CT molecular complexity index is 3020. The molecule has 0 atom stereocenters. The van der Waals surface area contributed by atoms with Gasteiger partial charge in [0.1, 0.15) is 0 Å². The SMILES string of the molecule is Fc1c(F)c(F)c(-c2c3nc(c(-c4c(F)c(F)c(F)c(F)c4F)c4ccc([nH]4)c(-c4c(F)c(F)c(F)c(F)c4F)c4nc(c(-c5c(F)c(F)c(F)c(F)c5F)c5ccc2[nH]5)CC4)CC3)c(F)c1F. The Kier molecular flexibility index (Phi) is 10.9. The molecule has 2 aliphatic rings. The molecule has 0 saturated heterocycles. The number of hydrogen-bond donors (Lipinski definition) is 2. The van der Waals surface area contributed by atoms with Crippen LogP contribution in [0.3, 0.4) is 0 Å². The molecule has 0 amide bonds. The zero-order valence-electron chi connectivity index (χ0n) is 32.6. The lowest BCUT2D eigenvalue weighted by Crippen LogP contribution is -2.06. The summed E-state index contributed by atoms with van der Waals surface area (Å²) in [5, 5.41) is 0. The fourth-order valence-electron chi connectivity index (χ4n) is 8.16. The monoisotopic (exact) mass is 978 g/mol. The number of hydrogen-bond acceptors (Lipinski definition) is 2. The Labute approximate surface area is 363 Å². The Balaban J connectivity index is 1.59. The van der Waals surface area contributed by atoms with Gasteiger partial charge in [0.25, 0.3) is 0 Å². The van der Waals surface area contributed by atoms with E-state index < -0.39 is 231 Å². The van der Waals surface area contributed by atoms with Crippen LogP contribution in [0.1, 0.15) is 22.8 Å². The van der Waals surface area contributed by atoms with Gasteiger partial charge >= 0.3 is 0 Å². The number of aryl methyl sites for hydroxylation is 4. The van der Waals surface area contributed by atoms with Crippen molar-refractivity contribution < 1.29 is 87.8 Å². The van der Waals surface area contributed by atoms with E-state index in [0.717, 1.165) is 0 Å². The van der Waals surface area contributed by atoms with Crippen LogP contribution >= 0.6 is 0 Å². The first-order valence-electron chi connectivity index (χ1n) is 18.9. The van der Waals surface area contributed by atoms with E-state index in [2.05, 4.69) is 19.9 Å². The summed E-state index contributed by atoms with van der Waals surface area (Å²) in [5.74, 6) is -51.9. The normalized spacial score (nSPS) is 12.8. The van der Waals surface area contributed by atoms with Crippen molar-refractivity contribution in [3.8, 4) is 44.5 Å². The molecule has 3 aromatic heterocycles. The molecule has 5 heterocycles. The van der Waals surface area contributed by atoms with Gasteiger partial charge in [-0.25, -0.2) is 87.8 Å². The van der Waals surface area contributed by atoms with Crippen LogP contribution in [-0.2, 0) is 25.7 Å². The highest BCUT2D eigenvalue weighted by atomic mass is 19.2. The minimum Gasteiger partial charge on any atom is -0.354 e. The summed E-state index contributed by atoms with van der Waals surface area (Å²) in [6.45, 7) is 0. The molecule has 0 fully saturated rings. The minimum absolute atomic E-state index is 0.686. The third-order valence-electron chi connectivity index (χ3n) is 11.2. The maximum atomic E-state index is 15.8. The van der Waals surface area contributed by atoms with Crippen LogP contribution < -0.4 is 0 Å². The molecule has 9 rings (SSSR count). The topological polar surface area (TPSA) is 57.4 Å². The molecule has 68 heavy (non-hydrogen) atoms. The Morgan fingerprint density at radius 3 is 0.529 bits per heavy atom. The van der Waals surface area contributed by atoms with Crippen LogP contribution in [0.5, 0.6) is 0 Å². The molecule has 2 aliphatic heterocycles. The number of rotatable bonds is 4. The van der Waals surface area contributed by atoms with Crippen LogP contribution in [-0.4, -0.2) is 19.9 Å². The van der Waals surface area contributed by atoms with Crippen molar-refractivity contribution >= 4 is 22.1 Å². The average Bonchev–Trinajstić information content (AvgIpc) is 4.18. The Hall–Kier alpha value is -7.40. The smallest absolute Gasteiger partial charge is 0.200 e. The molecule has 7 aromatic rings. The fourth-order valence-corrected chi connectivity index (χ4v) is 8.16. The molecule has 0 unspecified atom stereocenters. The summed E-state index contributed by atoms with van der Waals surface area (Å²) >= 11 is 0. The van der Waals surface area contributed by atoms with Gasteiger partial charge in [0, 0.05) is 44.3 Å². The molecule has 8 bridgehead atoms. The van der Waals surface area contributed by atoms with Gasteiger partial charge < -0.3 is 9.97 Å². The fraction of sp³-hybridized carbons (Fsp3) is 0.0909. The van der Waals surface area contributed by atoms with Crippen molar-refractivity contribution in [1.82, 2.24) is 19.9 Å². The summed E-state index contributed by atoms with van der Waals surface area (Å²) in [6.07, 6.45) is -3.25. The van der Waals surface area contributed by atoms with Crippen LogP contribution in [0.2, 0.25) is 0 Å². The van der Waals surface area contributed by atoms with Crippen molar-refractivity contribution in [2.75, 3.05) is 0 Å². The number of aromatic nitrogens is 4. The summed E-state index contributed by atoms with van der Waals surface area (Å²) in [6, 6.07) is 2.74. The highest BCUT2D eigenvalue weighted by molar-refractivity contribution is 5.93. The predicted molar refractivity (Wildman–Crippen MR) is 197 cm³/mol. The molecule has 0 aliphatic carbocycles. The molecule has 24 heteroatoms. The average molecular weight is 979 g/mol. The number of benzene rings is 4. The van der Waals surface area contributed by atoms with Crippen LogP contribution in [0.4, 0.5) is 87.8 Å². The molecule has 0 saturated carbocycles. The molecule has 4 aromatic carbocycles. The molecular weight excluding hydrogens is 964 g/mol. The summed E-state index contributed by atoms with van der Waals surface area (Å²) in [5.41, 5.74) is -18.7. The molecule has 2 N–H and O–H groups in total. The number of fused-ring (bicyclic) bond motifs is 8. The number of nitrogens with zero attached hydrogens (tertiary/aromatic N) is 2. The predicted octanol–water partition coefficient (Wildman–Crippen LogP) is 13.3. The molecule has 0 spiro atoms. The van der Waals surface area contributed by atoms with Gasteiger partial charge in [0.15, 0.2) is 93.1 Å². The van der Waals surface area contributed by atoms with E-state index in [9.17, 15) is 52.7 Å². The van der Waals surface area contributed by atoms with Gasteiger partial charge in [-0.15, -0.1) is 0 Å². The van der Waals surface area contributed by atoms with Crippen molar-refractivity contribution in [3.05, 3.63) is 163 Å². The van der Waals surface area contributed by atoms with Crippen LogP contribution in [0.25, 0.3) is 66.6 Å². The third kappa shape index (κ3) is 6.53. The van der Waals surface area contributed by atoms with E-state index in [-0.39, 0.29) is 0 Å². The number of H-pyrrole nitrogens is 2. The largest absolute Gasteiger partial charge is 0.354 e. The van der Waals surface area contributed by atoms with Crippen LogP contribution in [0, 0.1) is 116 Å². The molecular formula is C44H14F20N4. The summed E-state index contributed by atoms with van der Waals surface area (Å²) in [7, 11) is 0. The van der Waals surface area contributed by atoms with E-state index >= 15 is 35.1 Å². The second-order valence-electron chi connectivity index (χ2n) is 14.9. The van der Waals surface area contributed by atoms with Crippen molar-refractivity contribution in [1.29, 1.82) is 0 Å². The van der Waals surface area contributed by atoms with Crippen molar-refractivity contribution in [2.24, 2.45) is 0 Å². The van der Waals surface area contributed by atoms with Gasteiger partial charge in [0.2, 0.25) is 23.3 Å². The van der Waals surface area contributed by atoms with E-state index in [1.807, 2.05) is 0 Å².